The highest BCUT2D eigenvalue weighted by molar-refractivity contribution is 7.84. The van der Waals surface area contributed by atoms with Gasteiger partial charge in [0.25, 0.3) is 0 Å². The molecule has 31 heavy (non-hydrogen) atoms. The number of benzene rings is 1. The summed E-state index contributed by atoms with van der Waals surface area (Å²) in [7, 11) is 0.757. The predicted octanol–water partition coefficient (Wildman–Crippen LogP) is 4.69. The van der Waals surface area contributed by atoms with Crippen LogP contribution in [0.15, 0.2) is 36.4 Å². The van der Waals surface area contributed by atoms with Crippen LogP contribution in [0.5, 0.6) is 17.5 Å². The molecule has 1 unspecified atom stereocenters. The SMILES string of the molecule is COc1ccc(-c2c(Cl)c(Cn3c(O)ccc3O)nc3sc4c(c23)CCS(=O)C4)cc1. The third-order valence-electron chi connectivity index (χ3n) is 5.52. The fourth-order valence-electron chi connectivity index (χ4n) is 3.97. The molecule has 160 valence electrons. The van der Waals surface area contributed by atoms with Crippen molar-refractivity contribution in [3.8, 4) is 28.6 Å². The summed E-state index contributed by atoms with van der Waals surface area (Å²) in [6.45, 7) is 0.122. The van der Waals surface area contributed by atoms with E-state index in [4.69, 9.17) is 21.3 Å². The molecule has 1 aliphatic rings. The van der Waals surface area contributed by atoms with Gasteiger partial charge in [0, 0.05) is 44.5 Å². The van der Waals surface area contributed by atoms with Crippen LogP contribution < -0.4 is 4.74 Å². The van der Waals surface area contributed by atoms with Gasteiger partial charge >= 0.3 is 0 Å². The molecular formula is C22H19ClN2O4S2. The minimum absolute atomic E-state index is 0.0673. The molecule has 2 N–H and O–H groups in total. The average Bonchev–Trinajstić information content (AvgIpc) is 3.28. The first-order valence-electron chi connectivity index (χ1n) is 9.65. The molecule has 0 saturated heterocycles. The summed E-state index contributed by atoms with van der Waals surface area (Å²) in [6, 6.07) is 10.5. The van der Waals surface area contributed by atoms with Crippen LogP contribution in [0.3, 0.4) is 0 Å². The van der Waals surface area contributed by atoms with Crippen molar-refractivity contribution in [3.63, 3.8) is 0 Å². The summed E-state index contributed by atoms with van der Waals surface area (Å²) in [4.78, 5) is 6.71. The van der Waals surface area contributed by atoms with Crippen molar-refractivity contribution < 1.29 is 19.2 Å². The van der Waals surface area contributed by atoms with Crippen LogP contribution in [0.4, 0.5) is 0 Å². The number of ether oxygens (including phenoxy) is 1. The Kier molecular flexibility index (Phi) is 5.16. The average molecular weight is 475 g/mol. The van der Waals surface area contributed by atoms with Gasteiger partial charge in [0.1, 0.15) is 10.6 Å². The molecule has 4 aromatic rings. The standard InChI is InChI=1S/C22H19ClN2O4S2/c1-29-13-4-2-12(3-5-13)19-20-14-8-9-31(28)11-16(14)30-22(20)24-15(21(19)23)10-25-17(26)6-7-18(25)27/h2-7,26-27H,8-11H2,1H3. The van der Waals surface area contributed by atoms with Crippen molar-refractivity contribution in [2.24, 2.45) is 0 Å². The van der Waals surface area contributed by atoms with Crippen LogP contribution in [0.1, 0.15) is 16.1 Å². The highest BCUT2D eigenvalue weighted by Crippen LogP contribution is 2.45. The lowest BCUT2D eigenvalue weighted by atomic mass is 9.97. The number of aromatic nitrogens is 2. The van der Waals surface area contributed by atoms with Gasteiger partial charge in [-0.25, -0.2) is 4.98 Å². The lowest BCUT2D eigenvalue weighted by Gasteiger charge is -2.16. The quantitative estimate of drug-likeness (QED) is 0.448. The minimum atomic E-state index is -0.864. The molecule has 4 heterocycles. The van der Waals surface area contributed by atoms with Gasteiger partial charge in [-0.1, -0.05) is 23.7 Å². The molecule has 0 bridgehead atoms. The number of nitrogens with zero attached hydrogens (tertiary/aromatic N) is 2. The molecule has 0 aliphatic carbocycles. The van der Waals surface area contributed by atoms with E-state index >= 15 is 0 Å². The Hall–Kier alpha value is -2.55. The number of aromatic hydroxyl groups is 2. The van der Waals surface area contributed by atoms with Gasteiger partial charge in [-0.15, -0.1) is 11.3 Å². The van der Waals surface area contributed by atoms with Gasteiger partial charge < -0.3 is 14.9 Å². The Bertz CT molecular complexity index is 1310. The first-order valence-corrected chi connectivity index (χ1v) is 12.3. The number of methoxy groups -OCH3 is 1. The number of rotatable bonds is 4. The molecule has 0 spiro atoms. The van der Waals surface area contributed by atoms with Crippen molar-refractivity contribution in [2.45, 2.75) is 18.7 Å². The van der Waals surface area contributed by atoms with Gasteiger partial charge in [-0.3, -0.25) is 8.78 Å². The predicted molar refractivity (Wildman–Crippen MR) is 124 cm³/mol. The van der Waals surface area contributed by atoms with Gasteiger partial charge in [0.2, 0.25) is 0 Å². The van der Waals surface area contributed by atoms with E-state index < -0.39 is 10.8 Å². The number of fused-ring (bicyclic) bond motifs is 3. The molecular weight excluding hydrogens is 456 g/mol. The molecule has 0 radical (unpaired) electrons. The summed E-state index contributed by atoms with van der Waals surface area (Å²) < 4.78 is 18.8. The summed E-state index contributed by atoms with van der Waals surface area (Å²) in [5, 5.41) is 21.6. The largest absolute Gasteiger partial charge is 0.497 e. The Morgan fingerprint density at radius 1 is 1.19 bits per heavy atom. The second kappa shape index (κ2) is 7.85. The fraction of sp³-hybridized carbons (Fsp3) is 0.227. The number of hydrogen-bond donors (Lipinski definition) is 2. The van der Waals surface area contributed by atoms with Gasteiger partial charge in [0.15, 0.2) is 11.8 Å². The normalized spacial score (nSPS) is 15.9. The molecule has 1 aromatic carbocycles. The molecule has 3 aromatic heterocycles. The van der Waals surface area contributed by atoms with Crippen molar-refractivity contribution in [1.29, 1.82) is 0 Å². The van der Waals surface area contributed by atoms with E-state index in [2.05, 4.69) is 0 Å². The highest BCUT2D eigenvalue weighted by Gasteiger charge is 2.26. The van der Waals surface area contributed by atoms with Crippen LogP contribution >= 0.6 is 22.9 Å². The molecule has 0 amide bonds. The van der Waals surface area contributed by atoms with Crippen molar-refractivity contribution in [1.82, 2.24) is 9.55 Å². The van der Waals surface area contributed by atoms with Crippen molar-refractivity contribution >= 4 is 44.0 Å². The zero-order valence-electron chi connectivity index (χ0n) is 16.6. The van der Waals surface area contributed by atoms with E-state index in [1.54, 1.807) is 18.4 Å². The summed E-state index contributed by atoms with van der Waals surface area (Å²) in [5.74, 6) is 1.77. The van der Waals surface area contributed by atoms with Gasteiger partial charge in [-0.05, 0) is 29.7 Å². The molecule has 9 heteroatoms. The minimum Gasteiger partial charge on any atom is -0.497 e. The highest BCUT2D eigenvalue weighted by atomic mass is 35.5. The van der Waals surface area contributed by atoms with Gasteiger partial charge in [0.05, 0.1) is 30.1 Å². The zero-order chi connectivity index (χ0) is 21.7. The van der Waals surface area contributed by atoms with Crippen LogP contribution in [-0.2, 0) is 29.5 Å². The molecule has 6 nitrogen and oxygen atoms in total. The molecule has 0 saturated carbocycles. The number of aryl methyl sites for hydroxylation is 1. The maximum absolute atomic E-state index is 12.1. The van der Waals surface area contributed by atoms with E-state index in [1.165, 1.54) is 16.7 Å². The summed E-state index contributed by atoms with van der Waals surface area (Å²) in [5.41, 5.74) is 3.49. The van der Waals surface area contributed by atoms with Crippen LogP contribution in [0.25, 0.3) is 21.3 Å². The van der Waals surface area contributed by atoms with Crippen LogP contribution in [0, 0.1) is 0 Å². The number of halogens is 1. The van der Waals surface area contributed by atoms with E-state index in [0.29, 0.717) is 22.2 Å². The third kappa shape index (κ3) is 3.48. The van der Waals surface area contributed by atoms with Gasteiger partial charge in [-0.2, -0.15) is 0 Å². The Balaban J connectivity index is 1.76. The second-order valence-corrected chi connectivity index (χ2v) is 10.4. The van der Waals surface area contributed by atoms with E-state index in [9.17, 15) is 14.4 Å². The first-order chi connectivity index (χ1) is 15.0. The van der Waals surface area contributed by atoms with E-state index in [1.807, 2.05) is 24.3 Å². The van der Waals surface area contributed by atoms with E-state index in [-0.39, 0.29) is 18.3 Å². The molecule has 5 rings (SSSR count). The lowest BCUT2D eigenvalue weighted by Crippen LogP contribution is -2.11. The Morgan fingerprint density at radius 3 is 2.58 bits per heavy atom. The molecule has 1 atom stereocenters. The Labute approximate surface area is 190 Å². The number of thiophene rings is 1. The lowest BCUT2D eigenvalue weighted by molar-refractivity contribution is 0.376. The van der Waals surface area contributed by atoms with Crippen LogP contribution in [-0.4, -0.2) is 36.8 Å². The zero-order valence-corrected chi connectivity index (χ0v) is 19.0. The summed E-state index contributed by atoms with van der Waals surface area (Å²) >= 11 is 8.46. The van der Waals surface area contributed by atoms with Crippen molar-refractivity contribution in [2.75, 3.05) is 12.9 Å². The maximum atomic E-state index is 12.1. The molecule has 0 fully saturated rings. The first kappa shape index (κ1) is 20.4. The molecule has 1 aliphatic heterocycles. The monoisotopic (exact) mass is 474 g/mol. The fourth-order valence-corrected chi connectivity index (χ4v) is 6.99. The third-order valence-corrected chi connectivity index (χ3v) is 8.51. The Morgan fingerprint density at radius 2 is 1.90 bits per heavy atom. The smallest absolute Gasteiger partial charge is 0.194 e. The summed E-state index contributed by atoms with van der Waals surface area (Å²) in [6.07, 6.45) is 0.724. The topological polar surface area (TPSA) is 84.6 Å². The van der Waals surface area contributed by atoms with Crippen LogP contribution in [0.2, 0.25) is 5.02 Å². The number of hydrogen-bond acceptors (Lipinski definition) is 6. The number of pyridine rings is 1. The van der Waals surface area contributed by atoms with E-state index in [0.717, 1.165) is 44.0 Å². The second-order valence-electron chi connectivity index (χ2n) is 7.33. The maximum Gasteiger partial charge on any atom is 0.194 e. The van der Waals surface area contributed by atoms with Crippen molar-refractivity contribution in [3.05, 3.63) is 57.6 Å².